The second kappa shape index (κ2) is 3.93. The van der Waals surface area contributed by atoms with Gasteiger partial charge in [0, 0.05) is 23.1 Å². The molecule has 0 aliphatic heterocycles. The van der Waals surface area contributed by atoms with Gasteiger partial charge < -0.3 is 4.74 Å². The Kier molecular flexibility index (Phi) is 2.60. The number of rotatable bonds is 1. The summed E-state index contributed by atoms with van der Waals surface area (Å²) in [6, 6.07) is 7.41. The number of benzene rings is 1. The van der Waals surface area contributed by atoms with E-state index in [0.717, 1.165) is 5.56 Å². The van der Waals surface area contributed by atoms with Crippen LogP contribution in [0.1, 0.15) is 28.8 Å². The number of carbonyl (C=O) groups excluding carboxylic acids is 2. The molecule has 1 atom stereocenters. The largest absolute Gasteiger partial charge is 0.466 e. The fourth-order valence-electron chi connectivity index (χ4n) is 1.98. The first-order chi connectivity index (χ1) is 7.65. The van der Waals surface area contributed by atoms with Crippen LogP contribution in [0.25, 0.3) is 0 Å². The summed E-state index contributed by atoms with van der Waals surface area (Å²) in [5.41, 5.74) is 2.17. The van der Waals surface area contributed by atoms with Crippen molar-refractivity contribution < 1.29 is 14.3 Å². The molecule has 0 fully saturated rings. The smallest absolute Gasteiger partial charge is 0.330 e. The summed E-state index contributed by atoms with van der Waals surface area (Å²) in [6.07, 6.45) is 1.28. The molecule has 2 rings (SSSR count). The number of esters is 1. The number of carbonyl (C=O) groups is 2. The molecular formula is C13H12O3. The van der Waals surface area contributed by atoms with Gasteiger partial charge in [-0.1, -0.05) is 31.2 Å². The molecule has 1 aliphatic rings. The number of Topliss-reactive ketones (excluding diaryl/α,β-unsaturated/α-hetero) is 1. The summed E-state index contributed by atoms with van der Waals surface area (Å²) >= 11 is 0. The van der Waals surface area contributed by atoms with Gasteiger partial charge >= 0.3 is 5.97 Å². The van der Waals surface area contributed by atoms with Gasteiger partial charge in [0.25, 0.3) is 0 Å². The Morgan fingerprint density at radius 2 is 2.06 bits per heavy atom. The lowest BCUT2D eigenvalue weighted by Gasteiger charge is -2.03. The van der Waals surface area contributed by atoms with Crippen molar-refractivity contribution in [3.8, 4) is 0 Å². The van der Waals surface area contributed by atoms with E-state index in [-0.39, 0.29) is 11.7 Å². The molecule has 1 aromatic rings. The molecule has 16 heavy (non-hydrogen) atoms. The van der Waals surface area contributed by atoms with Crippen LogP contribution in [0.5, 0.6) is 0 Å². The highest BCUT2D eigenvalue weighted by Crippen LogP contribution is 2.36. The third kappa shape index (κ3) is 1.54. The topological polar surface area (TPSA) is 43.4 Å². The molecule has 0 saturated heterocycles. The zero-order chi connectivity index (χ0) is 11.7. The van der Waals surface area contributed by atoms with Gasteiger partial charge in [-0.25, -0.2) is 4.79 Å². The Hall–Kier alpha value is -1.90. The average Bonchev–Trinajstić information content (AvgIpc) is 2.55. The van der Waals surface area contributed by atoms with Gasteiger partial charge in [0.1, 0.15) is 0 Å². The Morgan fingerprint density at radius 1 is 1.38 bits per heavy atom. The van der Waals surface area contributed by atoms with Gasteiger partial charge in [-0.3, -0.25) is 4.79 Å². The molecule has 1 unspecified atom stereocenters. The van der Waals surface area contributed by atoms with Crippen molar-refractivity contribution in [3.63, 3.8) is 0 Å². The summed E-state index contributed by atoms with van der Waals surface area (Å²) in [7, 11) is 1.30. The van der Waals surface area contributed by atoms with Crippen molar-refractivity contribution in [3.05, 3.63) is 47.0 Å². The van der Waals surface area contributed by atoms with Crippen molar-refractivity contribution in [1.82, 2.24) is 0 Å². The summed E-state index contributed by atoms with van der Waals surface area (Å²) in [5.74, 6) is -0.598. The van der Waals surface area contributed by atoms with E-state index >= 15 is 0 Å². The summed E-state index contributed by atoms with van der Waals surface area (Å²) in [4.78, 5) is 23.1. The van der Waals surface area contributed by atoms with E-state index in [1.165, 1.54) is 13.2 Å². The monoisotopic (exact) mass is 216 g/mol. The normalized spacial score (nSPS) is 21.0. The molecule has 0 N–H and O–H groups in total. The van der Waals surface area contributed by atoms with Crippen LogP contribution in [0.4, 0.5) is 0 Å². The second-order valence-electron chi connectivity index (χ2n) is 3.76. The molecular weight excluding hydrogens is 204 g/mol. The third-order valence-corrected chi connectivity index (χ3v) is 2.88. The fraction of sp³-hybridized carbons (Fsp3) is 0.231. The molecule has 82 valence electrons. The minimum absolute atomic E-state index is 0.0391. The van der Waals surface area contributed by atoms with E-state index in [9.17, 15) is 9.59 Å². The quantitative estimate of drug-likeness (QED) is 0.533. The number of ether oxygens (including phenoxy) is 1. The molecule has 0 radical (unpaired) electrons. The van der Waals surface area contributed by atoms with Crippen molar-refractivity contribution in [2.45, 2.75) is 12.8 Å². The van der Waals surface area contributed by atoms with Gasteiger partial charge in [-0.05, 0) is 5.56 Å². The van der Waals surface area contributed by atoms with E-state index in [1.54, 1.807) is 6.07 Å². The van der Waals surface area contributed by atoms with Gasteiger partial charge in [-0.15, -0.1) is 0 Å². The van der Waals surface area contributed by atoms with Crippen LogP contribution in [-0.2, 0) is 9.53 Å². The summed E-state index contributed by atoms with van der Waals surface area (Å²) in [6.45, 7) is 1.92. The predicted octanol–water partition coefficient (Wildman–Crippen LogP) is 2.09. The SMILES string of the molecule is COC(=O)C=C1C(=O)c2ccccc2C1C. The van der Waals surface area contributed by atoms with Crippen LogP contribution >= 0.6 is 0 Å². The molecule has 1 aromatic carbocycles. The molecule has 0 amide bonds. The van der Waals surface area contributed by atoms with E-state index in [2.05, 4.69) is 4.74 Å². The number of hydrogen-bond donors (Lipinski definition) is 0. The maximum absolute atomic E-state index is 12.0. The van der Waals surface area contributed by atoms with Crippen LogP contribution in [0, 0.1) is 0 Å². The molecule has 3 nitrogen and oxygen atoms in total. The Bertz CT molecular complexity index is 486. The predicted molar refractivity (Wildman–Crippen MR) is 59.3 cm³/mol. The maximum Gasteiger partial charge on any atom is 0.330 e. The number of ketones is 1. The average molecular weight is 216 g/mol. The van der Waals surface area contributed by atoms with Crippen LogP contribution in [-0.4, -0.2) is 18.9 Å². The Balaban J connectivity index is 2.46. The Morgan fingerprint density at radius 3 is 2.69 bits per heavy atom. The van der Waals surface area contributed by atoms with Crippen LogP contribution in [0.3, 0.4) is 0 Å². The highest BCUT2D eigenvalue weighted by atomic mass is 16.5. The van der Waals surface area contributed by atoms with Crippen molar-refractivity contribution in [2.24, 2.45) is 0 Å². The zero-order valence-corrected chi connectivity index (χ0v) is 9.19. The molecule has 0 bridgehead atoms. The first-order valence-corrected chi connectivity index (χ1v) is 5.08. The fourth-order valence-corrected chi connectivity index (χ4v) is 1.98. The molecule has 0 saturated carbocycles. The molecule has 3 heteroatoms. The lowest BCUT2D eigenvalue weighted by Crippen LogP contribution is -2.03. The van der Waals surface area contributed by atoms with Crippen LogP contribution < -0.4 is 0 Å². The van der Waals surface area contributed by atoms with E-state index in [4.69, 9.17) is 0 Å². The minimum atomic E-state index is -0.483. The molecule has 0 heterocycles. The van der Waals surface area contributed by atoms with Gasteiger partial charge in [0.2, 0.25) is 0 Å². The lowest BCUT2D eigenvalue weighted by atomic mass is 10.00. The number of fused-ring (bicyclic) bond motifs is 1. The van der Waals surface area contributed by atoms with E-state index in [1.807, 2.05) is 25.1 Å². The van der Waals surface area contributed by atoms with E-state index in [0.29, 0.717) is 11.1 Å². The molecule has 1 aliphatic carbocycles. The number of hydrogen-bond acceptors (Lipinski definition) is 3. The number of methoxy groups -OCH3 is 1. The van der Waals surface area contributed by atoms with Gasteiger partial charge in [0.15, 0.2) is 5.78 Å². The van der Waals surface area contributed by atoms with Crippen molar-refractivity contribution in [1.29, 1.82) is 0 Å². The standard InChI is InChI=1S/C13H12O3/c1-8-9-5-3-4-6-10(9)13(15)11(8)7-12(14)16-2/h3-8H,1-2H3. The van der Waals surface area contributed by atoms with Crippen molar-refractivity contribution >= 4 is 11.8 Å². The minimum Gasteiger partial charge on any atom is -0.466 e. The van der Waals surface area contributed by atoms with Crippen LogP contribution in [0.2, 0.25) is 0 Å². The first kappa shape index (κ1) is 10.6. The molecule has 0 spiro atoms. The second-order valence-corrected chi connectivity index (χ2v) is 3.76. The summed E-state index contributed by atoms with van der Waals surface area (Å²) < 4.78 is 4.54. The highest BCUT2D eigenvalue weighted by molar-refractivity contribution is 6.16. The lowest BCUT2D eigenvalue weighted by molar-refractivity contribution is -0.134. The van der Waals surface area contributed by atoms with Gasteiger partial charge in [-0.2, -0.15) is 0 Å². The highest BCUT2D eigenvalue weighted by Gasteiger charge is 2.31. The third-order valence-electron chi connectivity index (χ3n) is 2.88. The van der Waals surface area contributed by atoms with Crippen molar-refractivity contribution in [2.75, 3.05) is 7.11 Å². The zero-order valence-electron chi connectivity index (χ0n) is 9.19. The first-order valence-electron chi connectivity index (χ1n) is 5.08. The van der Waals surface area contributed by atoms with Crippen LogP contribution in [0.15, 0.2) is 35.9 Å². The maximum atomic E-state index is 12.0. The number of allylic oxidation sites excluding steroid dienone is 1. The van der Waals surface area contributed by atoms with E-state index < -0.39 is 5.97 Å². The van der Waals surface area contributed by atoms with Gasteiger partial charge in [0.05, 0.1) is 7.11 Å². The molecule has 0 aromatic heterocycles. The Labute approximate surface area is 93.7 Å². The summed E-state index contributed by atoms with van der Waals surface area (Å²) in [5, 5.41) is 0.